The number of anilines is 1. The largest absolute Gasteiger partial charge is 0.493 e. The van der Waals surface area contributed by atoms with Gasteiger partial charge in [-0.2, -0.15) is 5.26 Å². The number of halogens is 1. The van der Waals surface area contributed by atoms with Gasteiger partial charge in [0.1, 0.15) is 11.6 Å². The predicted molar refractivity (Wildman–Crippen MR) is 128 cm³/mol. The molecule has 33 heavy (non-hydrogen) atoms. The highest BCUT2D eigenvalue weighted by atomic mass is 35.5. The lowest BCUT2D eigenvalue weighted by Crippen LogP contribution is -2.20. The van der Waals surface area contributed by atoms with Gasteiger partial charge in [0, 0.05) is 5.56 Å². The third kappa shape index (κ3) is 6.22. The van der Waals surface area contributed by atoms with E-state index in [-0.39, 0.29) is 23.9 Å². The number of nitrogens with zero attached hydrogens (tertiary/aromatic N) is 1. The molecule has 7 heteroatoms. The number of carbonyl (C=O) groups excluding carboxylic acids is 2. The smallest absolute Gasteiger partial charge is 0.262 e. The normalized spacial score (nSPS) is 10.8. The molecule has 0 radical (unpaired) electrons. The summed E-state index contributed by atoms with van der Waals surface area (Å²) in [7, 11) is 1.46. The maximum Gasteiger partial charge on any atom is 0.262 e. The first kappa shape index (κ1) is 23.6. The third-order valence-electron chi connectivity index (χ3n) is 4.65. The molecule has 0 fully saturated rings. The van der Waals surface area contributed by atoms with Crippen molar-refractivity contribution in [1.29, 1.82) is 5.26 Å². The molecule has 3 aromatic rings. The number of benzene rings is 3. The monoisotopic (exact) mass is 460 g/mol. The highest BCUT2D eigenvalue weighted by Crippen LogP contribution is 2.29. The Labute approximate surface area is 197 Å². The van der Waals surface area contributed by atoms with E-state index in [1.165, 1.54) is 13.2 Å². The summed E-state index contributed by atoms with van der Waals surface area (Å²) in [6, 6.07) is 20.8. The first-order valence-electron chi connectivity index (χ1n) is 9.99. The van der Waals surface area contributed by atoms with Crippen molar-refractivity contribution in [3.05, 3.63) is 94.0 Å². The van der Waals surface area contributed by atoms with Crippen molar-refractivity contribution in [2.24, 2.45) is 0 Å². The van der Waals surface area contributed by atoms with Crippen LogP contribution < -0.4 is 14.8 Å². The topological polar surface area (TPSA) is 88.4 Å². The van der Waals surface area contributed by atoms with Gasteiger partial charge >= 0.3 is 0 Å². The van der Waals surface area contributed by atoms with Crippen molar-refractivity contribution in [3.8, 4) is 17.6 Å². The van der Waals surface area contributed by atoms with Gasteiger partial charge in [-0.15, -0.1) is 0 Å². The van der Waals surface area contributed by atoms with E-state index in [1.807, 2.05) is 19.1 Å². The highest BCUT2D eigenvalue weighted by molar-refractivity contribution is 6.33. The summed E-state index contributed by atoms with van der Waals surface area (Å²) in [6.45, 7) is 1.62. The number of ether oxygens (including phenoxy) is 2. The molecule has 6 nitrogen and oxygen atoms in total. The zero-order chi connectivity index (χ0) is 23.8. The van der Waals surface area contributed by atoms with Crippen molar-refractivity contribution in [1.82, 2.24) is 0 Å². The van der Waals surface area contributed by atoms with Crippen LogP contribution in [0.15, 0.2) is 72.3 Å². The van der Waals surface area contributed by atoms with E-state index in [2.05, 4.69) is 5.32 Å². The molecule has 0 saturated carbocycles. The molecule has 0 atom stereocenters. The molecule has 0 spiro atoms. The number of hydrogen-bond acceptors (Lipinski definition) is 5. The molecule has 0 aromatic heterocycles. The van der Waals surface area contributed by atoms with Crippen LogP contribution in [0.5, 0.6) is 11.5 Å². The van der Waals surface area contributed by atoms with Crippen molar-refractivity contribution >= 4 is 35.1 Å². The molecule has 0 bridgehead atoms. The van der Waals surface area contributed by atoms with E-state index in [0.717, 1.165) is 5.56 Å². The van der Waals surface area contributed by atoms with Crippen LogP contribution in [0.1, 0.15) is 21.5 Å². The molecule has 0 unspecified atom stereocenters. The Hall–Kier alpha value is -4.08. The van der Waals surface area contributed by atoms with E-state index in [4.69, 9.17) is 21.1 Å². The molecule has 0 saturated heterocycles. The number of allylic oxidation sites excluding steroid dienone is 1. The third-order valence-corrected chi connectivity index (χ3v) is 4.98. The second kappa shape index (κ2) is 11.0. The molecular weight excluding hydrogens is 440 g/mol. The van der Waals surface area contributed by atoms with E-state index >= 15 is 0 Å². The van der Waals surface area contributed by atoms with E-state index in [9.17, 15) is 14.9 Å². The number of nitriles is 1. The summed E-state index contributed by atoms with van der Waals surface area (Å²) in [5, 5.41) is 12.6. The van der Waals surface area contributed by atoms with Gasteiger partial charge in [0.15, 0.2) is 18.1 Å². The van der Waals surface area contributed by atoms with Gasteiger partial charge in [0.25, 0.3) is 5.91 Å². The summed E-state index contributed by atoms with van der Waals surface area (Å²) < 4.78 is 10.9. The van der Waals surface area contributed by atoms with Crippen molar-refractivity contribution in [3.63, 3.8) is 0 Å². The number of nitrogens with one attached hydrogen (secondary N) is 1. The SMILES string of the molecule is COc1cc(/C=C(\C#N)C(=O)c2cccc(C)c2)ccc1OCC(=O)Nc1ccccc1Cl. The van der Waals surface area contributed by atoms with Crippen LogP contribution in [-0.2, 0) is 4.79 Å². The lowest BCUT2D eigenvalue weighted by Gasteiger charge is -2.12. The van der Waals surface area contributed by atoms with Crippen LogP contribution in [0.25, 0.3) is 6.08 Å². The molecule has 0 aliphatic carbocycles. The zero-order valence-corrected chi connectivity index (χ0v) is 18.8. The first-order chi connectivity index (χ1) is 15.9. The maximum absolute atomic E-state index is 12.7. The van der Waals surface area contributed by atoms with Gasteiger partial charge in [0.05, 0.1) is 17.8 Å². The fourth-order valence-electron chi connectivity index (χ4n) is 3.04. The minimum absolute atomic E-state index is 0.00422. The summed E-state index contributed by atoms with van der Waals surface area (Å²) >= 11 is 6.05. The van der Waals surface area contributed by atoms with Gasteiger partial charge in [-0.25, -0.2) is 0 Å². The van der Waals surface area contributed by atoms with Gasteiger partial charge in [-0.3, -0.25) is 9.59 Å². The molecule has 1 amide bonds. The molecule has 166 valence electrons. The second-order valence-electron chi connectivity index (χ2n) is 7.10. The number of rotatable bonds is 8. The van der Waals surface area contributed by atoms with E-state index in [0.29, 0.717) is 33.3 Å². The Morgan fingerprint density at radius 1 is 1.06 bits per heavy atom. The van der Waals surface area contributed by atoms with Crippen LogP contribution in [0.2, 0.25) is 5.02 Å². The molecule has 3 aromatic carbocycles. The number of hydrogen-bond donors (Lipinski definition) is 1. The number of methoxy groups -OCH3 is 1. The minimum atomic E-state index is -0.385. The summed E-state index contributed by atoms with van der Waals surface area (Å²) in [5.74, 6) is -0.0524. The average molecular weight is 461 g/mol. The fraction of sp³-hybridized carbons (Fsp3) is 0.115. The minimum Gasteiger partial charge on any atom is -0.493 e. The molecule has 1 N–H and O–H groups in total. The highest BCUT2D eigenvalue weighted by Gasteiger charge is 2.14. The average Bonchev–Trinajstić information content (AvgIpc) is 2.82. The predicted octanol–water partition coefficient (Wildman–Crippen LogP) is 5.46. The van der Waals surface area contributed by atoms with Crippen LogP contribution in [-0.4, -0.2) is 25.4 Å². The van der Waals surface area contributed by atoms with E-state index < -0.39 is 0 Å². The number of carbonyl (C=O) groups is 2. The zero-order valence-electron chi connectivity index (χ0n) is 18.1. The lowest BCUT2D eigenvalue weighted by atomic mass is 10.0. The van der Waals surface area contributed by atoms with Gasteiger partial charge in [-0.05, 0) is 48.9 Å². The summed E-state index contributed by atoms with van der Waals surface area (Å²) in [4.78, 5) is 24.9. The van der Waals surface area contributed by atoms with Crippen LogP contribution in [0.3, 0.4) is 0 Å². The molecule has 0 aliphatic heterocycles. The number of amides is 1. The van der Waals surface area contributed by atoms with Crippen molar-refractivity contribution in [2.75, 3.05) is 19.0 Å². The molecule has 0 aliphatic rings. The van der Waals surface area contributed by atoms with Gasteiger partial charge in [0.2, 0.25) is 5.78 Å². The fourth-order valence-corrected chi connectivity index (χ4v) is 3.23. The quantitative estimate of drug-likeness (QED) is 0.274. The van der Waals surface area contributed by atoms with Crippen molar-refractivity contribution < 1.29 is 19.1 Å². The number of aryl methyl sites for hydroxylation is 1. The summed E-state index contributed by atoms with van der Waals surface area (Å²) in [6.07, 6.45) is 1.49. The maximum atomic E-state index is 12.7. The lowest BCUT2D eigenvalue weighted by molar-refractivity contribution is -0.118. The van der Waals surface area contributed by atoms with Crippen LogP contribution in [0, 0.1) is 18.3 Å². The standard InChI is InChI=1S/C26H21ClN2O4/c1-17-6-5-7-19(12-17)26(31)20(15-28)13-18-10-11-23(24(14-18)32-2)33-16-25(30)29-22-9-4-3-8-21(22)27/h3-14H,16H2,1-2H3,(H,29,30)/b20-13+. The first-order valence-corrected chi connectivity index (χ1v) is 10.4. The van der Waals surface area contributed by atoms with Crippen molar-refractivity contribution in [2.45, 2.75) is 6.92 Å². The number of ketones is 1. The second-order valence-corrected chi connectivity index (χ2v) is 7.50. The molecule has 0 heterocycles. The summed E-state index contributed by atoms with van der Waals surface area (Å²) in [5.41, 5.74) is 2.44. The van der Waals surface area contributed by atoms with Crippen LogP contribution in [0.4, 0.5) is 5.69 Å². The Bertz CT molecular complexity index is 1260. The Balaban J connectivity index is 1.73. The Morgan fingerprint density at radius 2 is 1.85 bits per heavy atom. The number of para-hydroxylation sites is 1. The molecule has 3 rings (SSSR count). The Kier molecular flexibility index (Phi) is 7.85. The van der Waals surface area contributed by atoms with Crippen LogP contribution >= 0.6 is 11.6 Å². The van der Waals surface area contributed by atoms with Gasteiger partial charge < -0.3 is 14.8 Å². The number of Topliss-reactive ketones (excluding diaryl/α,β-unsaturated/α-hetero) is 1. The molecular formula is C26H21ClN2O4. The Morgan fingerprint density at radius 3 is 2.55 bits per heavy atom. The van der Waals surface area contributed by atoms with Gasteiger partial charge in [-0.1, -0.05) is 53.6 Å². The van der Waals surface area contributed by atoms with E-state index in [1.54, 1.807) is 60.7 Å².